The fourth-order valence-electron chi connectivity index (χ4n) is 2.76. The highest BCUT2D eigenvalue weighted by Crippen LogP contribution is 2.29. The van der Waals surface area contributed by atoms with Gasteiger partial charge in [-0.2, -0.15) is 15.0 Å². The maximum absolute atomic E-state index is 11.9. The summed E-state index contributed by atoms with van der Waals surface area (Å²) in [5.74, 6) is 0.830. The second-order valence-electron chi connectivity index (χ2n) is 7.97. The van der Waals surface area contributed by atoms with Crippen molar-refractivity contribution in [1.82, 2.24) is 34.4 Å². The molecule has 0 fully saturated rings. The lowest BCUT2D eigenvalue weighted by Crippen LogP contribution is -2.34. The Balaban J connectivity index is 1.61. The van der Waals surface area contributed by atoms with Gasteiger partial charge in [-0.25, -0.2) is 9.78 Å². The number of nitrogens with one attached hydrogen (secondary N) is 1. The number of aryl methyl sites for hydroxylation is 2. The van der Waals surface area contributed by atoms with Crippen LogP contribution < -0.4 is 10.1 Å². The maximum atomic E-state index is 11.9. The number of rotatable bonds is 8. The molecule has 32 heavy (non-hydrogen) atoms. The summed E-state index contributed by atoms with van der Waals surface area (Å²) >= 11 is 6.06. The van der Waals surface area contributed by atoms with Gasteiger partial charge in [-0.1, -0.05) is 0 Å². The van der Waals surface area contributed by atoms with E-state index in [1.54, 1.807) is 42.5 Å². The molecule has 1 N–H and O–H groups in total. The molecule has 0 saturated carbocycles. The number of amides is 1. The second-order valence-corrected chi connectivity index (χ2v) is 8.31. The first-order valence-corrected chi connectivity index (χ1v) is 10.3. The first-order chi connectivity index (χ1) is 15.1. The molecule has 0 aromatic carbocycles. The minimum absolute atomic E-state index is 0.0983. The zero-order valence-corrected chi connectivity index (χ0v) is 19.7. The van der Waals surface area contributed by atoms with E-state index in [2.05, 4.69) is 25.4 Å². The highest BCUT2D eigenvalue weighted by Gasteiger charge is 2.20. The molecule has 0 aliphatic carbocycles. The van der Waals surface area contributed by atoms with E-state index >= 15 is 0 Å². The largest absolute Gasteiger partial charge is 0.478 e. The van der Waals surface area contributed by atoms with E-state index < -0.39 is 11.7 Å². The number of anilines is 2. The van der Waals surface area contributed by atoms with Gasteiger partial charge in [0.2, 0.25) is 5.28 Å². The predicted octanol–water partition coefficient (Wildman–Crippen LogP) is 3.15. The van der Waals surface area contributed by atoms with Gasteiger partial charge < -0.3 is 19.4 Å². The van der Waals surface area contributed by atoms with E-state index in [9.17, 15) is 4.79 Å². The minimum Gasteiger partial charge on any atom is -0.478 e. The van der Waals surface area contributed by atoms with Crippen molar-refractivity contribution in [3.05, 3.63) is 17.8 Å². The van der Waals surface area contributed by atoms with E-state index in [-0.39, 0.29) is 5.28 Å². The van der Waals surface area contributed by atoms with Crippen molar-refractivity contribution >= 4 is 40.4 Å². The Morgan fingerprint density at radius 2 is 2.06 bits per heavy atom. The maximum Gasteiger partial charge on any atom is 0.434 e. The molecule has 0 bridgehead atoms. The minimum atomic E-state index is -0.585. The van der Waals surface area contributed by atoms with Gasteiger partial charge >= 0.3 is 6.09 Å². The number of halogens is 1. The van der Waals surface area contributed by atoms with Crippen LogP contribution >= 0.6 is 11.6 Å². The Kier molecular flexibility index (Phi) is 7.04. The van der Waals surface area contributed by atoms with Crippen LogP contribution in [0.15, 0.2) is 12.5 Å². The number of aromatic nitrogens is 6. The molecule has 13 heteroatoms. The number of hydrogen-bond acceptors (Lipinski definition) is 9. The Morgan fingerprint density at radius 1 is 1.31 bits per heavy atom. The Bertz CT molecular complexity index is 1090. The number of methoxy groups -OCH3 is 1. The quantitative estimate of drug-likeness (QED) is 0.303. The van der Waals surface area contributed by atoms with Gasteiger partial charge in [-0.05, 0) is 38.8 Å². The molecule has 1 amide bonds. The van der Waals surface area contributed by atoms with Gasteiger partial charge in [0, 0.05) is 20.6 Å². The number of hydroxylamine groups is 2. The number of hydrogen-bond donors (Lipinski definition) is 1. The highest BCUT2D eigenvalue weighted by atomic mass is 35.5. The van der Waals surface area contributed by atoms with Crippen LogP contribution in [0.1, 0.15) is 27.2 Å². The average Bonchev–Trinajstić information content (AvgIpc) is 3.27. The lowest BCUT2D eigenvalue weighted by molar-refractivity contribution is -0.132. The van der Waals surface area contributed by atoms with Crippen molar-refractivity contribution in [3.63, 3.8) is 0 Å². The van der Waals surface area contributed by atoms with E-state index in [0.29, 0.717) is 48.1 Å². The summed E-state index contributed by atoms with van der Waals surface area (Å²) in [4.78, 5) is 30.1. The molecule has 0 saturated heterocycles. The lowest BCUT2D eigenvalue weighted by Gasteiger charge is -2.24. The Hall–Kier alpha value is -3.12. The monoisotopic (exact) mass is 466 g/mol. The Morgan fingerprint density at radius 3 is 2.75 bits per heavy atom. The van der Waals surface area contributed by atoms with Crippen molar-refractivity contribution in [1.29, 1.82) is 0 Å². The highest BCUT2D eigenvalue weighted by molar-refractivity contribution is 6.28. The van der Waals surface area contributed by atoms with Crippen molar-refractivity contribution in [2.24, 2.45) is 7.05 Å². The molecule has 3 heterocycles. The van der Waals surface area contributed by atoms with Gasteiger partial charge in [-0.3, -0.25) is 9.52 Å². The van der Waals surface area contributed by atoms with E-state index in [1.165, 1.54) is 14.2 Å². The summed E-state index contributed by atoms with van der Waals surface area (Å²) in [6.45, 7) is 6.22. The number of carbonyl (C=O) groups excluding carboxylic acids is 1. The van der Waals surface area contributed by atoms with E-state index in [1.807, 2.05) is 7.05 Å². The molecule has 3 aromatic rings. The number of carbonyl (C=O) groups is 1. The van der Waals surface area contributed by atoms with Gasteiger partial charge in [0.15, 0.2) is 17.0 Å². The smallest absolute Gasteiger partial charge is 0.434 e. The molecular weight excluding hydrogens is 440 g/mol. The topological polar surface area (TPSA) is 121 Å². The summed E-state index contributed by atoms with van der Waals surface area (Å²) in [6.07, 6.45) is 3.47. The molecule has 174 valence electrons. The number of ether oxygens (including phenoxy) is 2. The van der Waals surface area contributed by atoms with Gasteiger partial charge in [0.1, 0.15) is 11.3 Å². The lowest BCUT2D eigenvalue weighted by atomic mass is 10.2. The molecule has 0 radical (unpaired) electrons. The van der Waals surface area contributed by atoms with E-state index in [4.69, 9.17) is 25.9 Å². The summed E-state index contributed by atoms with van der Waals surface area (Å²) < 4.78 is 14.1. The molecule has 12 nitrogen and oxygen atoms in total. The molecular formula is C19H27ClN8O4. The average molecular weight is 467 g/mol. The third-order valence-corrected chi connectivity index (χ3v) is 4.34. The van der Waals surface area contributed by atoms with Gasteiger partial charge in [0.25, 0.3) is 5.88 Å². The van der Waals surface area contributed by atoms with Gasteiger partial charge in [-0.15, -0.1) is 5.10 Å². The zero-order chi connectivity index (χ0) is 23.5. The first kappa shape index (κ1) is 23.5. The zero-order valence-electron chi connectivity index (χ0n) is 18.9. The van der Waals surface area contributed by atoms with Crippen molar-refractivity contribution < 1.29 is 19.1 Å². The number of nitrogens with zero attached hydrogens (tertiary/aromatic N) is 7. The molecule has 3 aromatic heterocycles. The van der Waals surface area contributed by atoms with Crippen molar-refractivity contribution in [3.8, 4) is 5.88 Å². The summed E-state index contributed by atoms with van der Waals surface area (Å²) in [7, 11) is 4.86. The third-order valence-electron chi connectivity index (χ3n) is 4.17. The molecule has 3 rings (SSSR count). The fourth-order valence-corrected chi connectivity index (χ4v) is 2.92. The van der Waals surface area contributed by atoms with E-state index in [0.717, 1.165) is 5.06 Å². The van der Waals surface area contributed by atoms with Crippen LogP contribution in [0, 0.1) is 0 Å². The second kappa shape index (κ2) is 9.57. The van der Waals surface area contributed by atoms with Crippen LogP contribution in [-0.2, 0) is 23.2 Å². The van der Waals surface area contributed by atoms with Crippen molar-refractivity contribution in [2.45, 2.75) is 39.3 Å². The van der Waals surface area contributed by atoms with Crippen LogP contribution in [-0.4, -0.2) is 66.8 Å². The van der Waals surface area contributed by atoms with Crippen LogP contribution in [0.3, 0.4) is 0 Å². The van der Waals surface area contributed by atoms with Crippen LogP contribution in [0.5, 0.6) is 5.88 Å². The SMILES string of the molecule is COc1nn(CCCON(C)C(=O)OC(C)(C)C)cc1Nc1nc(Cl)nc2c1ncn2C. The molecule has 0 spiro atoms. The van der Waals surface area contributed by atoms with Crippen molar-refractivity contribution in [2.75, 3.05) is 26.1 Å². The number of fused-ring (bicyclic) bond motifs is 1. The van der Waals surface area contributed by atoms with Crippen LogP contribution in [0.4, 0.5) is 16.3 Å². The van der Waals surface area contributed by atoms with Crippen LogP contribution in [0.2, 0.25) is 5.28 Å². The summed E-state index contributed by atoms with van der Waals surface area (Å²) in [5.41, 5.74) is 1.19. The fraction of sp³-hybridized carbons (Fsp3) is 0.526. The molecule has 0 unspecified atom stereocenters. The molecule has 0 aliphatic rings. The summed E-state index contributed by atoms with van der Waals surface area (Å²) in [5, 5.41) is 8.75. The molecule has 0 aliphatic heterocycles. The standard InChI is InChI=1S/C19H27ClN8O4/c1-19(2,3)32-18(29)27(5)31-9-7-8-28-10-12(16(25-28)30-6)22-14-13-15(24-17(20)23-14)26(4)11-21-13/h10-11H,7-9H2,1-6H3,(H,22,23,24). The van der Waals surface area contributed by atoms with Gasteiger partial charge in [0.05, 0.1) is 26.2 Å². The van der Waals surface area contributed by atoms with Crippen LogP contribution in [0.25, 0.3) is 11.2 Å². The summed E-state index contributed by atoms with van der Waals surface area (Å²) in [6, 6.07) is 0. The normalized spacial score (nSPS) is 11.6. The first-order valence-electron chi connectivity index (χ1n) is 9.90. The number of imidazole rings is 1. The predicted molar refractivity (Wildman–Crippen MR) is 118 cm³/mol. The molecule has 0 atom stereocenters. The Labute approximate surface area is 190 Å². The third kappa shape index (κ3) is 5.77.